The Morgan fingerprint density at radius 1 is 1.26 bits per heavy atom. The number of thiophene rings is 1. The standard InChI is InChI=1S/C17H21NS/c1-13-3-2-4-15(9-13)16-10-17(11-16)18-7-5-14-6-8-19-12-14/h2-4,6,8-9,12,16-18H,5,7,10-11H2,1H3. The summed E-state index contributed by atoms with van der Waals surface area (Å²) in [5.74, 6) is 0.776. The van der Waals surface area contributed by atoms with Gasteiger partial charge in [0, 0.05) is 6.04 Å². The molecule has 0 aliphatic heterocycles. The molecule has 1 fully saturated rings. The number of rotatable bonds is 5. The Morgan fingerprint density at radius 3 is 2.89 bits per heavy atom. The molecule has 0 radical (unpaired) electrons. The Balaban J connectivity index is 1.41. The van der Waals surface area contributed by atoms with Crippen LogP contribution in [0.15, 0.2) is 41.1 Å². The first-order valence-electron chi connectivity index (χ1n) is 7.12. The number of nitrogens with one attached hydrogen (secondary N) is 1. The molecule has 1 nitrogen and oxygen atoms in total. The van der Waals surface area contributed by atoms with Crippen LogP contribution in [0.5, 0.6) is 0 Å². The lowest BCUT2D eigenvalue weighted by atomic mass is 9.75. The summed E-state index contributed by atoms with van der Waals surface area (Å²) < 4.78 is 0. The topological polar surface area (TPSA) is 12.0 Å². The molecule has 1 aliphatic rings. The zero-order chi connectivity index (χ0) is 13.1. The van der Waals surface area contributed by atoms with Gasteiger partial charge in [-0.05, 0) is 66.6 Å². The molecule has 1 saturated carbocycles. The van der Waals surface area contributed by atoms with E-state index in [1.807, 2.05) is 0 Å². The van der Waals surface area contributed by atoms with Crippen LogP contribution in [0.3, 0.4) is 0 Å². The summed E-state index contributed by atoms with van der Waals surface area (Å²) in [5, 5.41) is 8.08. The fourth-order valence-electron chi connectivity index (χ4n) is 2.84. The molecule has 1 heterocycles. The molecule has 0 bridgehead atoms. The average molecular weight is 271 g/mol. The van der Waals surface area contributed by atoms with E-state index in [1.165, 1.54) is 29.5 Å². The Morgan fingerprint density at radius 2 is 2.16 bits per heavy atom. The molecule has 1 aromatic carbocycles. The van der Waals surface area contributed by atoms with Crippen molar-refractivity contribution in [1.29, 1.82) is 0 Å². The quantitative estimate of drug-likeness (QED) is 0.862. The highest BCUT2D eigenvalue weighted by Gasteiger charge is 2.29. The summed E-state index contributed by atoms with van der Waals surface area (Å²) in [6.45, 7) is 3.29. The monoisotopic (exact) mass is 271 g/mol. The SMILES string of the molecule is Cc1cccc(C2CC(NCCc3ccsc3)C2)c1. The number of benzene rings is 1. The Labute approximate surface area is 119 Å². The summed E-state index contributed by atoms with van der Waals surface area (Å²) >= 11 is 1.79. The third-order valence-electron chi connectivity index (χ3n) is 4.08. The summed E-state index contributed by atoms with van der Waals surface area (Å²) in [7, 11) is 0. The van der Waals surface area contributed by atoms with Crippen molar-refractivity contribution in [2.45, 2.75) is 38.1 Å². The fourth-order valence-corrected chi connectivity index (χ4v) is 3.54. The van der Waals surface area contributed by atoms with E-state index in [4.69, 9.17) is 0 Å². The van der Waals surface area contributed by atoms with Gasteiger partial charge < -0.3 is 5.32 Å². The van der Waals surface area contributed by atoms with Gasteiger partial charge in [-0.2, -0.15) is 11.3 Å². The van der Waals surface area contributed by atoms with Crippen molar-refractivity contribution in [3.8, 4) is 0 Å². The molecule has 100 valence electrons. The van der Waals surface area contributed by atoms with Crippen LogP contribution in [0.25, 0.3) is 0 Å². The average Bonchev–Trinajstić information content (AvgIpc) is 2.85. The van der Waals surface area contributed by atoms with Gasteiger partial charge >= 0.3 is 0 Å². The summed E-state index contributed by atoms with van der Waals surface area (Å²) in [6, 6.07) is 11.9. The second-order valence-electron chi connectivity index (χ2n) is 5.62. The minimum Gasteiger partial charge on any atom is -0.314 e. The van der Waals surface area contributed by atoms with Crippen LogP contribution in [0, 0.1) is 6.92 Å². The highest BCUT2D eigenvalue weighted by Crippen LogP contribution is 2.36. The molecule has 1 N–H and O–H groups in total. The second kappa shape index (κ2) is 5.89. The first-order valence-corrected chi connectivity index (χ1v) is 8.06. The van der Waals surface area contributed by atoms with Gasteiger partial charge in [-0.1, -0.05) is 29.8 Å². The zero-order valence-electron chi connectivity index (χ0n) is 11.4. The summed E-state index contributed by atoms with van der Waals surface area (Å²) in [6.07, 6.45) is 3.76. The smallest absolute Gasteiger partial charge is 0.00788 e. The minimum atomic E-state index is 0.726. The van der Waals surface area contributed by atoms with Crippen LogP contribution >= 0.6 is 11.3 Å². The zero-order valence-corrected chi connectivity index (χ0v) is 12.2. The highest BCUT2D eigenvalue weighted by atomic mass is 32.1. The van der Waals surface area contributed by atoms with E-state index >= 15 is 0 Å². The molecule has 19 heavy (non-hydrogen) atoms. The molecule has 3 rings (SSSR count). The van der Waals surface area contributed by atoms with Crippen molar-refractivity contribution in [3.63, 3.8) is 0 Å². The molecule has 2 heteroatoms. The predicted molar refractivity (Wildman–Crippen MR) is 83.0 cm³/mol. The van der Waals surface area contributed by atoms with E-state index in [0.29, 0.717) is 0 Å². The Kier molecular flexibility index (Phi) is 4.00. The first kappa shape index (κ1) is 12.9. The van der Waals surface area contributed by atoms with E-state index in [0.717, 1.165) is 24.9 Å². The largest absolute Gasteiger partial charge is 0.314 e. The summed E-state index contributed by atoms with van der Waals surface area (Å²) in [4.78, 5) is 0. The number of hydrogen-bond donors (Lipinski definition) is 1. The lowest BCUT2D eigenvalue weighted by Gasteiger charge is -2.36. The van der Waals surface area contributed by atoms with Gasteiger partial charge in [-0.3, -0.25) is 0 Å². The number of aryl methyl sites for hydroxylation is 1. The number of hydrogen-bond acceptors (Lipinski definition) is 2. The van der Waals surface area contributed by atoms with Crippen LogP contribution in [0.4, 0.5) is 0 Å². The third-order valence-corrected chi connectivity index (χ3v) is 4.81. The minimum absolute atomic E-state index is 0.726. The lowest BCUT2D eigenvalue weighted by molar-refractivity contribution is 0.293. The van der Waals surface area contributed by atoms with Crippen molar-refractivity contribution in [2.24, 2.45) is 0 Å². The molecule has 0 atom stereocenters. The van der Waals surface area contributed by atoms with Crippen LogP contribution in [0.1, 0.15) is 35.4 Å². The molecular weight excluding hydrogens is 250 g/mol. The fraction of sp³-hybridized carbons (Fsp3) is 0.412. The van der Waals surface area contributed by atoms with Crippen molar-refractivity contribution < 1.29 is 0 Å². The normalized spacial score (nSPS) is 22.2. The highest BCUT2D eigenvalue weighted by molar-refractivity contribution is 7.07. The first-order chi connectivity index (χ1) is 9.31. The molecule has 0 unspecified atom stereocenters. The second-order valence-corrected chi connectivity index (χ2v) is 6.40. The van der Waals surface area contributed by atoms with Gasteiger partial charge in [0.05, 0.1) is 0 Å². The Bertz CT molecular complexity index is 512. The van der Waals surface area contributed by atoms with Crippen LogP contribution in [0.2, 0.25) is 0 Å². The van der Waals surface area contributed by atoms with Gasteiger partial charge in [-0.15, -0.1) is 0 Å². The van der Waals surface area contributed by atoms with Gasteiger partial charge in [0.25, 0.3) is 0 Å². The van der Waals surface area contributed by atoms with E-state index < -0.39 is 0 Å². The maximum Gasteiger partial charge on any atom is 0.00788 e. The van der Waals surface area contributed by atoms with Crippen LogP contribution < -0.4 is 5.32 Å². The van der Waals surface area contributed by atoms with Gasteiger partial charge in [0.2, 0.25) is 0 Å². The van der Waals surface area contributed by atoms with E-state index in [9.17, 15) is 0 Å². The lowest BCUT2D eigenvalue weighted by Crippen LogP contribution is -2.40. The van der Waals surface area contributed by atoms with Crippen molar-refractivity contribution >= 4 is 11.3 Å². The van der Waals surface area contributed by atoms with Crippen LogP contribution in [-0.2, 0) is 6.42 Å². The maximum absolute atomic E-state index is 3.68. The Hall–Kier alpha value is -1.12. The predicted octanol–water partition coefficient (Wildman–Crippen LogP) is 4.13. The molecule has 0 amide bonds. The third kappa shape index (κ3) is 3.26. The maximum atomic E-state index is 3.68. The molecule has 1 aliphatic carbocycles. The van der Waals surface area contributed by atoms with E-state index in [2.05, 4.69) is 53.3 Å². The molecule has 0 saturated heterocycles. The molecule has 0 spiro atoms. The molecular formula is C17H21NS. The van der Waals surface area contributed by atoms with Gasteiger partial charge in [-0.25, -0.2) is 0 Å². The van der Waals surface area contributed by atoms with Crippen molar-refractivity contribution in [1.82, 2.24) is 5.32 Å². The van der Waals surface area contributed by atoms with E-state index in [1.54, 1.807) is 11.3 Å². The van der Waals surface area contributed by atoms with E-state index in [-0.39, 0.29) is 0 Å². The van der Waals surface area contributed by atoms with Gasteiger partial charge in [0.15, 0.2) is 0 Å². The van der Waals surface area contributed by atoms with Crippen LogP contribution in [-0.4, -0.2) is 12.6 Å². The molecule has 1 aromatic heterocycles. The van der Waals surface area contributed by atoms with Gasteiger partial charge in [0.1, 0.15) is 0 Å². The van der Waals surface area contributed by atoms with Crippen molar-refractivity contribution in [3.05, 3.63) is 57.8 Å². The summed E-state index contributed by atoms with van der Waals surface area (Å²) in [5.41, 5.74) is 4.37. The molecule has 2 aromatic rings. The van der Waals surface area contributed by atoms with Crippen molar-refractivity contribution in [2.75, 3.05) is 6.54 Å².